The highest BCUT2D eigenvalue weighted by atomic mass is 15.3. The molecule has 1 rings (SSSR count). The van der Waals surface area contributed by atoms with Gasteiger partial charge in [-0.3, -0.25) is 9.89 Å². The summed E-state index contributed by atoms with van der Waals surface area (Å²) < 4.78 is 0. The molecule has 0 bridgehead atoms. The summed E-state index contributed by atoms with van der Waals surface area (Å²) in [5.74, 6) is 0.986. The first kappa shape index (κ1) is 16.0. The molecule has 0 radical (unpaired) electrons. The van der Waals surface area contributed by atoms with Crippen LogP contribution in [0.5, 0.6) is 0 Å². The zero-order chi connectivity index (χ0) is 14.3. The average molecular weight is 266 g/mol. The van der Waals surface area contributed by atoms with Crippen molar-refractivity contribution in [1.82, 2.24) is 15.1 Å². The van der Waals surface area contributed by atoms with E-state index in [-0.39, 0.29) is 0 Å². The zero-order valence-electron chi connectivity index (χ0n) is 13.0. The Hall–Kier alpha value is -1.03. The van der Waals surface area contributed by atoms with Crippen molar-refractivity contribution in [2.75, 3.05) is 34.2 Å². The Balaban J connectivity index is 2.28. The van der Waals surface area contributed by atoms with Crippen LogP contribution in [0, 0.1) is 0 Å². The first-order valence-electron chi connectivity index (χ1n) is 7.34. The van der Waals surface area contributed by atoms with Crippen LogP contribution in [0.25, 0.3) is 0 Å². The Morgan fingerprint density at radius 1 is 1.47 bits per heavy atom. The molecule has 0 heterocycles. The van der Waals surface area contributed by atoms with Gasteiger partial charge in [-0.2, -0.15) is 0 Å². The Kier molecular flexibility index (Phi) is 6.92. The molecule has 0 amide bonds. The van der Waals surface area contributed by atoms with E-state index < -0.39 is 0 Å². The predicted molar refractivity (Wildman–Crippen MR) is 83.7 cm³/mol. The molecule has 1 fully saturated rings. The molecule has 0 aliphatic heterocycles. The van der Waals surface area contributed by atoms with Gasteiger partial charge < -0.3 is 10.2 Å². The molecule has 110 valence electrons. The fourth-order valence-electron chi connectivity index (χ4n) is 2.19. The van der Waals surface area contributed by atoms with Crippen molar-refractivity contribution in [2.24, 2.45) is 4.99 Å². The van der Waals surface area contributed by atoms with E-state index in [1.807, 2.05) is 13.1 Å². The Labute approximate surface area is 118 Å². The van der Waals surface area contributed by atoms with Gasteiger partial charge in [0, 0.05) is 39.3 Å². The highest BCUT2D eigenvalue weighted by Gasteiger charge is 2.29. The first-order valence-corrected chi connectivity index (χ1v) is 7.34. The second-order valence-electron chi connectivity index (χ2n) is 5.53. The van der Waals surface area contributed by atoms with Crippen LogP contribution < -0.4 is 5.32 Å². The van der Waals surface area contributed by atoms with Crippen LogP contribution in [0.2, 0.25) is 0 Å². The molecule has 19 heavy (non-hydrogen) atoms. The van der Waals surface area contributed by atoms with Crippen LogP contribution in [0.4, 0.5) is 0 Å². The predicted octanol–water partition coefficient (Wildman–Crippen LogP) is 1.94. The number of allylic oxidation sites excluding steroid dienone is 1. The van der Waals surface area contributed by atoms with Crippen molar-refractivity contribution < 1.29 is 0 Å². The van der Waals surface area contributed by atoms with Gasteiger partial charge in [0.15, 0.2) is 5.96 Å². The molecule has 0 spiro atoms. The van der Waals surface area contributed by atoms with Crippen molar-refractivity contribution in [3.8, 4) is 0 Å². The molecule has 1 aliphatic rings. The maximum Gasteiger partial charge on any atom is 0.193 e. The number of nitrogens with one attached hydrogen (secondary N) is 1. The van der Waals surface area contributed by atoms with Crippen molar-refractivity contribution in [3.63, 3.8) is 0 Å². The van der Waals surface area contributed by atoms with E-state index in [1.54, 1.807) is 0 Å². The molecule has 1 aliphatic carbocycles. The van der Waals surface area contributed by atoms with Crippen molar-refractivity contribution in [1.29, 1.82) is 0 Å². The van der Waals surface area contributed by atoms with E-state index in [4.69, 9.17) is 0 Å². The minimum atomic E-state index is 0.547. The summed E-state index contributed by atoms with van der Waals surface area (Å²) in [6.07, 6.45) is 6.87. The molecule has 1 saturated carbocycles. The van der Waals surface area contributed by atoms with Gasteiger partial charge in [-0.25, -0.2) is 0 Å². The van der Waals surface area contributed by atoms with Gasteiger partial charge in [0.1, 0.15) is 0 Å². The lowest BCUT2D eigenvalue weighted by molar-refractivity contribution is 0.246. The number of nitrogens with zero attached hydrogens (tertiary/aromatic N) is 3. The van der Waals surface area contributed by atoms with Crippen molar-refractivity contribution in [3.05, 3.63) is 12.7 Å². The molecule has 0 saturated heterocycles. The quantitative estimate of drug-likeness (QED) is 0.315. The fraction of sp³-hybridized carbons (Fsp3) is 0.800. The maximum atomic E-state index is 4.35. The van der Waals surface area contributed by atoms with Gasteiger partial charge in [0.05, 0.1) is 0 Å². The normalized spacial score (nSPS) is 17.4. The van der Waals surface area contributed by atoms with Crippen LogP contribution in [0.3, 0.4) is 0 Å². The molecule has 0 aromatic rings. The molecule has 4 heteroatoms. The Morgan fingerprint density at radius 3 is 2.68 bits per heavy atom. The fourth-order valence-corrected chi connectivity index (χ4v) is 2.19. The third-order valence-corrected chi connectivity index (χ3v) is 3.85. The van der Waals surface area contributed by atoms with Crippen LogP contribution in [0.1, 0.15) is 32.6 Å². The minimum Gasteiger partial charge on any atom is -0.355 e. The average Bonchev–Trinajstić information content (AvgIpc) is 3.23. The number of aliphatic imine (C=N–C) groups is 1. The van der Waals surface area contributed by atoms with Gasteiger partial charge in [0.25, 0.3) is 0 Å². The molecule has 1 N–H and O–H groups in total. The summed E-state index contributed by atoms with van der Waals surface area (Å²) in [7, 11) is 6.16. The third-order valence-electron chi connectivity index (χ3n) is 3.85. The van der Waals surface area contributed by atoms with Crippen molar-refractivity contribution in [2.45, 2.75) is 44.7 Å². The van der Waals surface area contributed by atoms with Gasteiger partial charge in [-0.15, -0.1) is 6.58 Å². The van der Waals surface area contributed by atoms with E-state index in [0.717, 1.165) is 37.9 Å². The van der Waals surface area contributed by atoms with Gasteiger partial charge in [0.2, 0.25) is 0 Å². The van der Waals surface area contributed by atoms with Crippen molar-refractivity contribution >= 4 is 5.96 Å². The lowest BCUT2D eigenvalue weighted by atomic mass is 10.3. The molecule has 1 unspecified atom stereocenters. The number of rotatable bonds is 8. The maximum absolute atomic E-state index is 4.35. The molecule has 0 aromatic carbocycles. The zero-order valence-corrected chi connectivity index (χ0v) is 13.0. The van der Waals surface area contributed by atoms with Gasteiger partial charge >= 0.3 is 0 Å². The summed E-state index contributed by atoms with van der Waals surface area (Å²) in [5.41, 5.74) is 0. The highest BCUT2D eigenvalue weighted by molar-refractivity contribution is 5.79. The third kappa shape index (κ3) is 5.64. The largest absolute Gasteiger partial charge is 0.355 e. The topological polar surface area (TPSA) is 30.9 Å². The second-order valence-corrected chi connectivity index (χ2v) is 5.53. The summed E-state index contributed by atoms with van der Waals surface area (Å²) >= 11 is 0. The number of hydrogen-bond acceptors (Lipinski definition) is 2. The summed E-state index contributed by atoms with van der Waals surface area (Å²) in [5, 5.41) is 3.47. The van der Waals surface area contributed by atoms with E-state index >= 15 is 0 Å². The van der Waals surface area contributed by atoms with E-state index in [0.29, 0.717) is 6.04 Å². The molecule has 0 aromatic heterocycles. The first-order chi connectivity index (χ1) is 9.10. The lowest BCUT2D eigenvalue weighted by Crippen LogP contribution is -2.46. The van der Waals surface area contributed by atoms with Crippen LogP contribution in [-0.4, -0.2) is 62.1 Å². The minimum absolute atomic E-state index is 0.547. The number of likely N-dealkylation sites (N-methyl/N-ethyl adjacent to an activating group) is 1. The monoisotopic (exact) mass is 266 g/mol. The van der Waals surface area contributed by atoms with E-state index in [2.05, 4.69) is 47.7 Å². The van der Waals surface area contributed by atoms with E-state index in [9.17, 15) is 0 Å². The molecular formula is C15H30N4. The standard InChI is InChI=1S/C15H30N4/c1-6-7-8-11-18(4)15(16-3)17-12-13(2)19(5)14-9-10-14/h6,13-14H,1,7-12H2,2-5H3,(H,16,17). The molecular weight excluding hydrogens is 236 g/mol. The molecule has 1 atom stereocenters. The number of hydrogen-bond donors (Lipinski definition) is 1. The highest BCUT2D eigenvalue weighted by Crippen LogP contribution is 2.26. The summed E-state index contributed by atoms with van der Waals surface area (Å²) in [4.78, 5) is 9.00. The lowest BCUT2D eigenvalue weighted by Gasteiger charge is -2.28. The number of guanidine groups is 1. The van der Waals surface area contributed by atoms with Crippen LogP contribution >= 0.6 is 0 Å². The Bertz CT molecular complexity index is 297. The van der Waals surface area contributed by atoms with Crippen LogP contribution in [0.15, 0.2) is 17.6 Å². The van der Waals surface area contributed by atoms with E-state index in [1.165, 1.54) is 12.8 Å². The second kappa shape index (κ2) is 8.20. The molecule has 4 nitrogen and oxygen atoms in total. The number of unbranched alkanes of at least 4 members (excludes halogenated alkanes) is 1. The summed E-state index contributed by atoms with van der Waals surface area (Å²) in [6.45, 7) is 7.99. The van der Waals surface area contributed by atoms with Gasteiger partial charge in [-0.1, -0.05) is 6.08 Å². The SMILES string of the molecule is C=CCCCN(C)C(=NC)NCC(C)N(C)C1CC1. The summed E-state index contributed by atoms with van der Waals surface area (Å²) in [6, 6.07) is 1.36. The van der Waals surface area contributed by atoms with Gasteiger partial charge in [-0.05, 0) is 39.7 Å². The van der Waals surface area contributed by atoms with Crippen LogP contribution in [-0.2, 0) is 0 Å². The smallest absolute Gasteiger partial charge is 0.193 e. The Morgan fingerprint density at radius 2 is 2.16 bits per heavy atom.